The predicted octanol–water partition coefficient (Wildman–Crippen LogP) is 1.35. The van der Waals surface area contributed by atoms with Gasteiger partial charge in [-0.2, -0.15) is 0 Å². The number of urea groups is 1. The number of fused-ring (bicyclic) bond motifs is 1. The first-order valence-corrected chi connectivity index (χ1v) is 10.6. The van der Waals surface area contributed by atoms with Gasteiger partial charge in [0.05, 0.1) is 5.56 Å². The number of hydrogen-bond donors (Lipinski definition) is 2. The van der Waals surface area contributed by atoms with Gasteiger partial charge in [0.1, 0.15) is 5.00 Å². The van der Waals surface area contributed by atoms with E-state index < -0.39 is 5.91 Å². The Bertz CT molecular complexity index is 753. The number of rotatable bonds is 5. The van der Waals surface area contributed by atoms with Gasteiger partial charge in [-0.05, 0) is 31.2 Å². The van der Waals surface area contributed by atoms with Crippen LogP contribution >= 0.6 is 11.3 Å². The summed E-state index contributed by atoms with van der Waals surface area (Å²) in [5.41, 5.74) is 7.11. The third kappa shape index (κ3) is 4.64. The lowest BCUT2D eigenvalue weighted by atomic mass is 9.95. The fourth-order valence-electron chi connectivity index (χ4n) is 3.81. The Hall–Kier alpha value is -2.13. The summed E-state index contributed by atoms with van der Waals surface area (Å²) in [5.74, 6) is -0.565. The molecule has 9 heteroatoms. The molecule has 0 spiro atoms. The maximum atomic E-state index is 12.5. The highest BCUT2D eigenvalue weighted by atomic mass is 32.1. The summed E-state index contributed by atoms with van der Waals surface area (Å²) in [4.78, 5) is 43.1. The van der Waals surface area contributed by atoms with Crippen molar-refractivity contribution in [2.24, 2.45) is 5.73 Å². The Morgan fingerprint density at radius 2 is 1.79 bits per heavy atom. The van der Waals surface area contributed by atoms with Crippen molar-refractivity contribution in [1.82, 2.24) is 14.7 Å². The SMILES string of the molecule is CN(C)C(=O)N1CCN(CCC(=O)Nc2sc3c(c2C(N)=O)CCCC3)CC1. The second-order valence-corrected chi connectivity index (χ2v) is 8.69. The molecule has 1 aliphatic carbocycles. The minimum atomic E-state index is -0.462. The van der Waals surface area contributed by atoms with Crippen molar-refractivity contribution in [3.63, 3.8) is 0 Å². The molecule has 3 N–H and O–H groups in total. The molecule has 1 aromatic heterocycles. The molecule has 2 heterocycles. The van der Waals surface area contributed by atoms with Crippen molar-refractivity contribution < 1.29 is 14.4 Å². The van der Waals surface area contributed by atoms with E-state index in [1.54, 1.807) is 19.0 Å². The van der Waals surface area contributed by atoms with Crippen LogP contribution in [0.15, 0.2) is 0 Å². The molecule has 28 heavy (non-hydrogen) atoms. The van der Waals surface area contributed by atoms with Gasteiger partial charge in [0.15, 0.2) is 0 Å². The van der Waals surface area contributed by atoms with Crippen LogP contribution in [0.25, 0.3) is 0 Å². The van der Waals surface area contributed by atoms with Gasteiger partial charge in [-0.25, -0.2) is 4.79 Å². The van der Waals surface area contributed by atoms with Gasteiger partial charge in [-0.3, -0.25) is 14.5 Å². The summed E-state index contributed by atoms with van der Waals surface area (Å²) >= 11 is 1.49. The van der Waals surface area contributed by atoms with E-state index in [1.165, 1.54) is 16.2 Å². The zero-order valence-corrected chi connectivity index (χ0v) is 17.4. The molecule has 0 bridgehead atoms. The summed E-state index contributed by atoms with van der Waals surface area (Å²) in [5, 5.41) is 3.51. The molecule has 1 saturated heterocycles. The average molecular weight is 408 g/mol. The van der Waals surface area contributed by atoms with Crippen LogP contribution in [0.1, 0.15) is 40.1 Å². The molecule has 8 nitrogen and oxygen atoms in total. The number of hydrogen-bond acceptors (Lipinski definition) is 5. The zero-order chi connectivity index (χ0) is 20.3. The number of nitrogens with zero attached hydrogens (tertiary/aromatic N) is 3. The van der Waals surface area contributed by atoms with E-state index in [0.717, 1.165) is 44.3 Å². The maximum absolute atomic E-state index is 12.5. The van der Waals surface area contributed by atoms with Gasteiger partial charge in [-0.1, -0.05) is 0 Å². The summed E-state index contributed by atoms with van der Waals surface area (Å²) in [6.45, 7) is 3.48. The first kappa shape index (κ1) is 20.6. The van der Waals surface area contributed by atoms with Crippen LogP contribution in [0, 0.1) is 0 Å². The van der Waals surface area contributed by atoms with E-state index in [1.807, 2.05) is 4.90 Å². The molecule has 0 radical (unpaired) electrons. The van der Waals surface area contributed by atoms with Gasteiger partial charge in [0.2, 0.25) is 5.91 Å². The van der Waals surface area contributed by atoms with Crippen LogP contribution in [0.5, 0.6) is 0 Å². The number of amides is 4. The number of anilines is 1. The van der Waals surface area contributed by atoms with Gasteiger partial charge in [-0.15, -0.1) is 11.3 Å². The van der Waals surface area contributed by atoms with E-state index in [2.05, 4.69) is 10.2 Å². The highest BCUT2D eigenvalue weighted by Gasteiger charge is 2.26. The summed E-state index contributed by atoms with van der Waals surface area (Å²) < 4.78 is 0. The van der Waals surface area contributed by atoms with Crippen LogP contribution in [0.4, 0.5) is 9.80 Å². The number of thiophene rings is 1. The second kappa shape index (κ2) is 8.91. The lowest BCUT2D eigenvalue weighted by molar-refractivity contribution is -0.116. The molecule has 154 valence electrons. The van der Waals surface area contributed by atoms with Crippen molar-refractivity contribution >= 4 is 34.2 Å². The van der Waals surface area contributed by atoms with Crippen molar-refractivity contribution in [2.45, 2.75) is 32.1 Å². The van der Waals surface area contributed by atoms with E-state index in [-0.39, 0.29) is 11.9 Å². The zero-order valence-electron chi connectivity index (χ0n) is 16.6. The minimum Gasteiger partial charge on any atom is -0.365 e. The standard InChI is InChI=1S/C19H29N5O3S/c1-22(2)19(27)24-11-9-23(10-12-24)8-7-15(25)21-18-16(17(20)26)13-5-3-4-6-14(13)28-18/h3-12H2,1-2H3,(H2,20,26)(H,21,25). The van der Waals surface area contributed by atoms with Gasteiger partial charge < -0.3 is 20.9 Å². The Kier molecular flexibility index (Phi) is 6.56. The number of piperazine rings is 1. The van der Waals surface area contributed by atoms with Crippen LogP contribution < -0.4 is 11.1 Å². The first-order chi connectivity index (χ1) is 13.4. The van der Waals surface area contributed by atoms with Gasteiger partial charge in [0.25, 0.3) is 5.91 Å². The number of nitrogens with two attached hydrogens (primary N) is 1. The lowest BCUT2D eigenvalue weighted by Crippen LogP contribution is -2.51. The van der Waals surface area contributed by atoms with Crippen LogP contribution in [-0.2, 0) is 17.6 Å². The fourth-order valence-corrected chi connectivity index (χ4v) is 5.12. The lowest BCUT2D eigenvalue weighted by Gasteiger charge is -2.35. The molecule has 0 aromatic carbocycles. The molecule has 3 rings (SSSR count). The van der Waals surface area contributed by atoms with Crippen LogP contribution in [-0.4, -0.2) is 79.4 Å². The molecule has 0 unspecified atom stereocenters. The highest BCUT2D eigenvalue weighted by Crippen LogP contribution is 2.37. The molecule has 1 aliphatic heterocycles. The average Bonchev–Trinajstić information content (AvgIpc) is 3.04. The van der Waals surface area contributed by atoms with Crippen molar-refractivity contribution in [1.29, 1.82) is 0 Å². The van der Waals surface area contributed by atoms with Crippen molar-refractivity contribution in [3.8, 4) is 0 Å². The topological polar surface area (TPSA) is 99.0 Å². The number of nitrogens with one attached hydrogen (secondary N) is 1. The number of primary amides is 1. The quantitative estimate of drug-likeness (QED) is 0.770. The predicted molar refractivity (Wildman–Crippen MR) is 110 cm³/mol. The normalized spacial score (nSPS) is 17.1. The Morgan fingerprint density at radius 1 is 1.11 bits per heavy atom. The minimum absolute atomic E-state index is 0.0260. The molecule has 1 fully saturated rings. The molecular weight excluding hydrogens is 378 g/mol. The Balaban J connectivity index is 1.51. The van der Waals surface area contributed by atoms with Crippen LogP contribution in [0.2, 0.25) is 0 Å². The monoisotopic (exact) mass is 407 g/mol. The molecule has 0 saturated carbocycles. The van der Waals surface area contributed by atoms with Gasteiger partial charge in [0, 0.05) is 58.1 Å². The van der Waals surface area contributed by atoms with E-state index in [4.69, 9.17) is 5.73 Å². The summed E-state index contributed by atoms with van der Waals surface area (Å²) in [7, 11) is 3.50. The summed E-state index contributed by atoms with van der Waals surface area (Å²) in [6.07, 6.45) is 4.32. The van der Waals surface area contributed by atoms with Crippen molar-refractivity contribution in [3.05, 3.63) is 16.0 Å². The molecule has 0 atom stereocenters. The maximum Gasteiger partial charge on any atom is 0.319 e. The number of carbonyl (C=O) groups is 3. The highest BCUT2D eigenvalue weighted by molar-refractivity contribution is 7.17. The summed E-state index contributed by atoms with van der Waals surface area (Å²) in [6, 6.07) is 0.0260. The van der Waals surface area contributed by atoms with E-state index in [9.17, 15) is 14.4 Å². The van der Waals surface area contributed by atoms with E-state index >= 15 is 0 Å². The number of aryl methyl sites for hydroxylation is 1. The smallest absolute Gasteiger partial charge is 0.319 e. The molecule has 4 amide bonds. The third-order valence-corrected chi connectivity index (χ3v) is 6.56. The molecular formula is C19H29N5O3S. The third-order valence-electron chi connectivity index (χ3n) is 5.35. The van der Waals surface area contributed by atoms with E-state index in [0.29, 0.717) is 36.6 Å². The molecule has 2 aliphatic rings. The number of carbonyl (C=O) groups excluding carboxylic acids is 3. The fraction of sp³-hybridized carbons (Fsp3) is 0.632. The Labute approximate surface area is 169 Å². The largest absolute Gasteiger partial charge is 0.365 e. The first-order valence-electron chi connectivity index (χ1n) is 9.79. The second-order valence-electron chi connectivity index (χ2n) is 7.58. The molecule has 1 aromatic rings. The van der Waals surface area contributed by atoms with Gasteiger partial charge >= 0.3 is 6.03 Å². The Morgan fingerprint density at radius 3 is 2.43 bits per heavy atom. The van der Waals surface area contributed by atoms with Crippen LogP contribution in [0.3, 0.4) is 0 Å². The van der Waals surface area contributed by atoms with Crippen molar-refractivity contribution in [2.75, 3.05) is 52.1 Å².